The number of anilines is 1. The molecule has 0 spiro atoms. The Hall–Kier alpha value is -3.22. The zero-order valence-electron chi connectivity index (χ0n) is 15.9. The molecule has 0 aliphatic carbocycles. The van der Waals surface area contributed by atoms with Gasteiger partial charge in [0.1, 0.15) is 5.76 Å². The Kier molecular flexibility index (Phi) is 6.37. The van der Waals surface area contributed by atoms with E-state index in [4.69, 9.17) is 15.2 Å². The number of nitrogens with two attached hydrogens (primary N) is 1. The Bertz CT molecular complexity index is 829. The van der Waals surface area contributed by atoms with Gasteiger partial charge < -0.3 is 25.4 Å². The van der Waals surface area contributed by atoms with Crippen molar-refractivity contribution in [2.75, 3.05) is 25.6 Å². The van der Waals surface area contributed by atoms with E-state index in [1.54, 1.807) is 4.90 Å². The molecule has 1 atom stereocenters. The first-order valence-corrected chi connectivity index (χ1v) is 9.25. The number of rotatable bonds is 7. The third-order valence-electron chi connectivity index (χ3n) is 4.86. The average molecular weight is 383 g/mol. The molecule has 0 bridgehead atoms. The first-order valence-electron chi connectivity index (χ1n) is 9.25. The quantitative estimate of drug-likeness (QED) is 0.556. The number of ether oxygens (including phenoxy) is 2. The van der Waals surface area contributed by atoms with Gasteiger partial charge in [-0.05, 0) is 37.5 Å². The monoisotopic (exact) mass is 383 g/mol. The van der Waals surface area contributed by atoms with Crippen LogP contribution in [-0.2, 0) is 19.1 Å². The Morgan fingerprint density at radius 1 is 1.36 bits per heavy atom. The van der Waals surface area contributed by atoms with Crippen molar-refractivity contribution in [2.24, 2.45) is 0 Å². The maximum absolute atomic E-state index is 12.5. The normalized spacial score (nSPS) is 19.2. The average Bonchev–Trinajstić information content (AvgIpc) is 3.11. The molecule has 2 aliphatic rings. The molecule has 28 heavy (non-hydrogen) atoms. The Morgan fingerprint density at radius 2 is 2.18 bits per heavy atom. The maximum Gasteiger partial charge on any atom is 0.242 e. The number of carbonyl (C=O) groups excluding carboxylic acids is 2. The van der Waals surface area contributed by atoms with E-state index in [1.165, 1.54) is 0 Å². The molecule has 0 radical (unpaired) electrons. The minimum absolute atomic E-state index is 0.0123. The van der Waals surface area contributed by atoms with Crippen molar-refractivity contribution in [2.45, 2.75) is 25.8 Å². The highest BCUT2D eigenvalue weighted by Gasteiger charge is 2.26. The van der Waals surface area contributed by atoms with Gasteiger partial charge in [-0.15, -0.1) is 0 Å². The molecule has 1 unspecified atom stereocenters. The van der Waals surface area contributed by atoms with E-state index in [9.17, 15) is 9.59 Å². The van der Waals surface area contributed by atoms with Crippen LogP contribution in [0.4, 0.5) is 5.69 Å². The number of nitrogens with one attached hydrogen (secondary N) is 1. The van der Waals surface area contributed by atoms with E-state index in [-0.39, 0.29) is 25.3 Å². The number of carbonyl (C=O) groups is 2. The zero-order valence-corrected chi connectivity index (χ0v) is 15.9. The molecule has 1 aromatic rings. The van der Waals surface area contributed by atoms with Crippen molar-refractivity contribution in [3.63, 3.8) is 0 Å². The summed E-state index contributed by atoms with van der Waals surface area (Å²) < 4.78 is 10.7. The lowest BCUT2D eigenvalue weighted by Crippen LogP contribution is -2.46. The maximum atomic E-state index is 12.5. The number of allylic oxidation sites excluding steroid dienone is 2. The molecule has 3 rings (SSSR count). The van der Waals surface area contributed by atoms with Gasteiger partial charge in [-0.25, -0.2) is 0 Å². The van der Waals surface area contributed by atoms with Crippen molar-refractivity contribution in [1.29, 1.82) is 0 Å². The second-order valence-electron chi connectivity index (χ2n) is 6.65. The lowest BCUT2D eigenvalue weighted by atomic mass is 9.93. The summed E-state index contributed by atoms with van der Waals surface area (Å²) in [5, 5.41) is 2.45. The molecule has 148 valence electrons. The third kappa shape index (κ3) is 4.54. The van der Waals surface area contributed by atoms with E-state index < -0.39 is 0 Å². The highest BCUT2D eigenvalue weighted by molar-refractivity contribution is 5.83. The molecule has 7 heteroatoms. The fourth-order valence-electron chi connectivity index (χ4n) is 3.40. The first-order chi connectivity index (χ1) is 13.6. The van der Waals surface area contributed by atoms with Crippen LogP contribution in [0, 0.1) is 0 Å². The van der Waals surface area contributed by atoms with Gasteiger partial charge in [-0.1, -0.05) is 30.4 Å². The topological polar surface area (TPSA) is 93.9 Å². The van der Waals surface area contributed by atoms with Crippen LogP contribution in [0.3, 0.4) is 0 Å². The molecule has 2 amide bonds. The van der Waals surface area contributed by atoms with Crippen LogP contribution < -0.4 is 11.1 Å². The number of benzene rings is 1. The molecule has 2 aliphatic heterocycles. The second kappa shape index (κ2) is 9.12. The Labute approximate surface area is 164 Å². The molecule has 3 N–H and O–H groups in total. The predicted molar refractivity (Wildman–Crippen MR) is 107 cm³/mol. The van der Waals surface area contributed by atoms with Gasteiger partial charge in [0.2, 0.25) is 19.1 Å². The highest BCUT2D eigenvalue weighted by atomic mass is 16.7. The zero-order chi connectivity index (χ0) is 19.9. The summed E-state index contributed by atoms with van der Waals surface area (Å²) in [6.45, 7) is 2.64. The van der Waals surface area contributed by atoms with Gasteiger partial charge in [0.25, 0.3) is 0 Å². The molecule has 1 aromatic carbocycles. The van der Waals surface area contributed by atoms with Crippen LogP contribution in [0.2, 0.25) is 0 Å². The minimum Gasteiger partial charge on any atom is -0.458 e. The summed E-state index contributed by atoms with van der Waals surface area (Å²) in [6, 6.07) is 7.60. The third-order valence-corrected chi connectivity index (χ3v) is 4.86. The minimum atomic E-state index is -0.135. The molecule has 0 aromatic heterocycles. The number of nitrogens with zero attached hydrogens (tertiary/aromatic N) is 1. The summed E-state index contributed by atoms with van der Waals surface area (Å²) in [5.74, 6) is 1.33. The van der Waals surface area contributed by atoms with Crippen molar-refractivity contribution >= 4 is 23.6 Å². The number of para-hydroxylation sites is 1. The molecular weight excluding hydrogens is 358 g/mol. The second-order valence-corrected chi connectivity index (χ2v) is 6.65. The van der Waals surface area contributed by atoms with Crippen LogP contribution in [0.25, 0.3) is 5.57 Å². The lowest BCUT2D eigenvalue weighted by molar-refractivity contribution is -0.132. The fraction of sp³-hybridized carbons (Fsp3) is 0.333. The van der Waals surface area contributed by atoms with Crippen molar-refractivity contribution in [3.8, 4) is 0 Å². The molecule has 0 fully saturated rings. The van der Waals surface area contributed by atoms with Crippen LogP contribution in [0.15, 0.2) is 54.0 Å². The van der Waals surface area contributed by atoms with E-state index in [1.807, 2.05) is 43.3 Å². The number of hydrogen-bond acceptors (Lipinski definition) is 5. The largest absolute Gasteiger partial charge is 0.458 e. The van der Waals surface area contributed by atoms with E-state index in [0.29, 0.717) is 31.6 Å². The van der Waals surface area contributed by atoms with Gasteiger partial charge in [0.05, 0.1) is 12.6 Å². The summed E-state index contributed by atoms with van der Waals surface area (Å²) >= 11 is 0. The van der Waals surface area contributed by atoms with Crippen LogP contribution in [0.1, 0.15) is 25.3 Å². The van der Waals surface area contributed by atoms with Crippen LogP contribution in [0.5, 0.6) is 0 Å². The Morgan fingerprint density at radius 3 is 2.89 bits per heavy atom. The van der Waals surface area contributed by atoms with E-state index in [0.717, 1.165) is 22.6 Å². The van der Waals surface area contributed by atoms with Gasteiger partial charge in [-0.2, -0.15) is 0 Å². The summed E-state index contributed by atoms with van der Waals surface area (Å²) in [4.78, 5) is 24.9. The number of hydrogen-bond donors (Lipinski definition) is 2. The van der Waals surface area contributed by atoms with Gasteiger partial charge >= 0.3 is 0 Å². The van der Waals surface area contributed by atoms with Crippen molar-refractivity contribution < 1.29 is 19.1 Å². The standard InChI is InChI=1S/C21H25N3O4/c1-15-20(28-14-27-15)8-4-5-17-11-16(18-6-2-3-7-19(18)22)9-10-24(17)21(26)12-23-13-25/h2-4,6-8,11,13,17H,5,9-10,12,14,22H2,1H3,(H,23,25). The molecule has 2 heterocycles. The van der Waals surface area contributed by atoms with E-state index >= 15 is 0 Å². The van der Waals surface area contributed by atoms with Crippen molar-refractivity contribution in [1.82, 2.24) is 10.2 Å². The summed E-state index contributed by atoms with van der Waals surface area (Å²) in [5.41, 5.74) is 8.98. The van der Waals surface area contributed by atoms with Crippen molar-refractivity contribution in [3.05, 3.63) is 59.6 Å². The smallest absolute Gasteiger partial charge is 0.242 e. The Balaban J connectivity index is 1.81. The predicted octanol–water partition coefficient (Wildman–Crippen LogP) is 2.18. The van der Waals surface area contributed by atoms with Crippen LogP contribution >= 0.6 is 0 Å². The lowest BCUT2D eigenvalue weighted by Gasteiger charge is -2.34. The summed E-state index contributed by atoms with van der Waals surface area (Å²) in [6.07, 6.45) is 7.79. The number of nitrogen functional groups attached to an aromatic ring is 1. The molecular formula is C21H25N3O4. The first kappa shape index (κ1) is 19.5. The SMILES string of the molecule is CC1=C(C=CCC2C=C(c3ccccc3N)CCN2C(=O)CNC=O)OCO1. The fourth-order valence-corrected chi connectivity index (χ4v) is 3.40. The molecule has 0 saturated carbocycles. The van der Waals surface area contributed by atoms with Crippen LogP contribution in [-0.4, -0.2) is 43.1 Å². The number of amides is 2. The van der Waals surface area contributed by atoms with Gasteiger partial charge in [0, 0.05) is 17.8 Å². The summed E-state index contributed by atoms with van der Waals surface area (Å²) in [7, 11) is 0. The highest BCUT2D eigenvalue weighted by Crippen LogP contribution is 2.30. The molecule has 0 saturated heterocycles. The van der Waals surface area contributed by atoms with E-state index in [2.05, 4.69) is 11.4 Å². The van der Waals surface area contributed by atoms with Gasteiger partial charge in [0.15, 0.2) is 5.76 Å². The molecule has 7 nitrogen and oxygen atoms in total. The van der Waals surface area contributed by atoms with Gasteiger partial charge in [-0.3, -0.25) is 9.59 Å².